The van der Waals surface area contributed by atoms with Crippen LogP contribution in [0.3, 0.4) is 0 Å². The number of carbonyl (C=O) groups excluding carboxylic acids is 1. The van der Waals surface area contributed by atoms with E-state index in [-0.39, 0.29) is 12.8 Å². The molecule has 0 radical (unpaired) electrons. The van der Waals surface area contributed by atoms with Gasteiger partial charge in [-0.3, -0.25) is 0 Å². The molecule has 4 nitrogen and oxygen atoms in total. The van der Waals surface area contributed by atoms with Gasteiger partial charge in [0.15, 0.2) is 11.5 Å². The summed E-state index contributed by atoms with van der Waals surface area (Å²) < 4.78 is 15.5. The van der Waals surface area contributed by atoms with E-state index < -0.39 is 0 Å². The maximum absolute atomic E-state index is 11.9. The summed E-state index contributed by atoms with van der Waals surface area (Å²) in [5.74, 6) is 0.889. The molecule has 0 N–H and O–H groups in total. The van der Waals surface area contributed by atoms with Gasteiger partial charge in [-0.15, -0.1) is 0 Å². The van der Waals surface area contributed by atoms with Gasteiger partial charge in [-0.25, -0.2) is 4.79 Å². The summed E-state index contributed by atoms with van der Waals surface area (Å²) in [6.07, 6.45) is 0.641. The first-order valence-corrected chi connectivity index (χ1v) is 6.32. The minimum absolute atomic E-state index is 0.185. The van der Waals surface area contributed by atoms with E-state index in [1.54, 1.807) is 6.07 Å². The lowest BCUT2D eigenvalue weighted by atomic mass is 9.99. The Balaban J connectivity index is 2.02. The summed E-state index contributed by atoms with van der Waals surface area (Å²) in [5.41, 5.74) is 2.50. The number of esters is 1. The third-order valence-electron chi connectivity index (χ3n) is 3.24. The van der Waals surface area contributed by atoms with Crippen molar-refractivity contribution in [1.29, 1.82) is 0 Å². The Kier molecular flexibility index (Phi) is 3.29. The van der Waals surface area contributed by atoms with Gasteiger partial charge in [-0.05, 0) is 29.7 Å². The molecule has 1 aliphatic heterocycles. The van der Waals surface area contributed by atoms with Crippen LogP contribution in [0.15, 0.2) is 42.5 Å². The molecule has 0 saturated heterocycles. The Morgan fingerprint density at radius 3 is 2.55 bits per heavy atom. The number of benzene rings is 2. The van der Waals surface area contributed by atoms with Crippen molar-refractivity contribution in [2.45, 2.75) is 6.42 Å². The number of rotatable bonds is 3. The number of methoxy groups -OCH3 is 1. The fourth-order valence-corrected chi connectivity index (χ4v) is 2.25. The molecule has 0 amide bonds. The molecule has 4 heteroatoms. The van der Waals surface area contributed by atoms with E-state index in [4.69, 9.17) is 14.2 Å². The molecule has 20 heavy (non-hydrogen) atoms. The van der Waals surface area contributed by atoms with Crippen molar-refractivity contribution in [2.75, 3.05) is 13.9 Å². The molecule has 3 rings (SSSR count). The van der Waals surface area contributed by atoms with Crippen LogP contribution in [-0.4, -0.2) is 19.9 Å². The Morgan fingerprint density at radius 1 is 1.15 bits per heavy atom. The maximum atomic E-state index is 11.9. The lowest BCUT2D eigenvalue weighted by Gasteiger charge is -2.09. The van der Waals surface area contributed by atoms with Crippen molar-refractivity contribution in [2.24, 2.45) is 0 Å². The highest BCUT2D eigenvalue weighted by molar-refractivity contribution is 5.92. The molecule has 0 saturated carbocycles. The van der Waals surface area contributed by atoms with Crippen LogP contribution in [0.1, 0.15) is 21.5 Å². The van der Waals surface area contributed by atoms with Crippen LogP contribution in [0.5, 0.6) is 11.5 Å². The molecular formula is C16H14O4. The van der Waals surface area contributed by atoms with Crippen LogP contribution >= 0.6 is 0 Å². The molecule has 102 valence electrons. The highest BCUT2D eigenvalue weighted by atomic mass is 16.7. The fraction of sp³-hybridized carbons (Fsp3) is 0.188. The zero-order chi connectivity index (χ0) is 13.9. The third-order valence-corrected chi connectivity index (χ3v) is 3.24. The van der Waals surface area contributed by atoms with Gasteiger partial charge in [0.2, 0.25) is 6.79 Å². The summed E-state index contributed by atoms with van der Waals surface area (Å²) in [6.45, 7) is 0.185. The van der Waals surface area contributed by atoms with Gasteiger partial charge in [-0.2, -0.15) is 0 Å². The standard InChI is InChI=1S/C16H14O4/c1-18-16(17)13-9-15-14(19-10-20-15)8-12(13)7-11-5-3-2-4-6-11/h2-6,8-9H,7,10H2,1H3. The van der Waals surface area contributed by atoms with Crippen LogP contribution in [0.25, 0.3) is 0 Å². The van der Waals surface area contributed by atoms with Crippen LogP contribution in [0, 0.1) is 0 Å². The second-order valence-corrected chi connectivity index (χ2v) is 4.52. The second kappa shape index (κ2) is 5.25. The number of fused-ring (bicyclic) bond motifs is 1. The normalized spacial score (nSPS) is 12.2. The quantitative estimate of drug-likeness (QED) is 0.804. The Labute approximate surface area is 116 Å². The summed E-state index contributed by atoms with van der Waals surface area (Å²) in [5, 5.41) is 0. The minimum atomic E-state index is -0.366. The van der Waals surface area contributed by atoms with Crippen molar-refractivity contribution >= 4 is 5.97 Å². The lowest BCUT2D eigenvalue weighted by molar-refractivity contribution is 0.0599. The molecule has 0 aromatic heterocycles. The van der Waals surface area contributed by atoms with Gasteiger partial charge in [0.1, 0.15) is 0 Å². The van der Waals surface area contributed by atoms with Gasteiger partial charge in [0, 0.05) is 0 Å². The Bertz CT molecular complexity index is 634. The molecule has 0 unspecified atom stereocenters. The summed E-state index contributed by atoms with van der Waals surface area (Å²) >= 11 is 0. The van der Waals surface area contributed by atoms with E-state index in [0.717, 1.165) is 11.1 Å². The Hall–Kier alpha value is -2.49. The average Bonchev–Trinajstić information content (AvgIpc) is 2.94. The van der Waals surface area contributed by atoms with Gasteiger partial charge < -0.3 is 14.2 Å². The highest BCUT2D eigenvalue weighted by Crippen LogP contribution is 2.35. The molecule has 0 spiro atoms. The minimum Gasteiger partial charge on any atom is -0.465 e. The molecule has 0 bridgehead atoms. The van der Waals surface area contributed by atoms with E-state index in [1.165, 1.54) is 7.11 Å². The first-order chi connectivity index (χ1) is 9.78. The first-order valence-electron chi connectivity index (χ1n) is 6.32. The maximum Gasteiger partial charge on any atom is 0.338 e. The molecule has 1 heterocycles. The summed E-state index contributed by atoms with van der Waals surface area (Å²) in [7, 11) is 1.37. The monoisotopic (exact) mass is 270 g/mol. The predicted octanol–water partition coefficient (Wildman–Crippen LogP) is 2.79. The van der Waals surface area contributed by atoms with Gasteiger partial charge >= 0.3 is 5.97 Å². The van der Waals surface area contributed by atoms with E-state index in [1.807, 2.05) is 36.4 Å². The van der Waals surface area contributed by atoms with E-state index >= 15 is 0 Å². The van der Waals surface area contributed by atoms with Gasteiger partial charge in [0.25, 0.3) is 0 Å². The van der Waals surface area contributed by atoms with Crippen molar-refractivity contribution in [1.82, 2.24) is 0 Å². The van der Waals surface area contributed by atoms with E-state index in [9.17, 15) is 4.79 Å². The van der Waals surface area contributed by atoms with Gasteiger partial charge in [-0.1, -0.05) is 30.3 Å². The zero-order valence-corrected chi connectivity index (χ0v) is 11.1. The number of carbonyl (C=O) groups is 1. The van der Waals surface area contributed by atoms with Crippen molar-refractivity contribution in [3.63, 3.8) is 0 Å². The fourth-order valence-electron chi connectivity index (χ4n) is 2.25. The van der Waals surface area contributed by atoms with Crippen LogP contribution in [0.4, 0.5) is 0 Å². The van der Waals surface area contributed by atoms with Crippen molar-refractivity contribution < 1.29 is 19.0 Å². The number of ether oxygens (including phenoxy) is 3. The predicted molar refractivity (Wildman–Crippen MR) is 73.2 cm³/mol. The molecule has 0 atom stereocenters. The number of hydrogen-bond acceptors (Lipinski definition) is 4. The smallest absolute Gasteiger partial charge is 0.338 e. The molecule has 0 aliphatic carbocycles. The summed E-state index contributed by atoms with van der Waals surface area (Å²) in [4.78, 5) is 11.9. The second-order valence-electron chi connectivity index (χ2n) is 4.52. The van der Waals surface area contributed by atoms with Crippen molar-refractivity contribution in [3.8, 4) is 11.5 Å². The van der Waals surface area contributed by atoms with Crippen LogP contribution < -0.4 is 9.47 Å². The number of hydrogen-bond donors (Lipinski definition) is 0. The first kappa shape index (κ1) is 12.5. The Morgan fingerprint density at radius 2 is 1.85 bits per heavy atom. The van der Waals surface area contributed by atoms with Crippen LogP contribution in [-0.2, 0) is 11.2 Å². The van der Waals surface area contributed by atoms with Crippen LogP contribution in [0.2, 0.25) is 0 Å². The zero-order valence-electron chi connectivity index (χ0n) is 11.1. The molecule has 1 aliphatic rings. The van der Waals surface area contributed by atoms with E-state index in [0.29, 0.717) is 23.5 Å². The molecule has 2 aromatic rings. The van der Waals surface area contributed by atoms with E-state index in [2.05, 4.69) is 0 Å². The summed E-state index contributed by atoms with van der Waals surface area (Å²) in [6, 6.07) is 13.5. The molecule has 0 fully saturated rings. The molecular weight excluding hydrogens is 256 g/mol. The lowest BCUT2D eigenvalue weighted by Crippen LogP contribution is -2.06. The third kappa shape index (κ3) is 2.32. The topological polar surface area (TPSA) is 44.8 Å². The molecule has 2 aromatic carbocycles. The highest BCUT2D eigenvalue weighted by Gasteiger charge is 2.21. The SMILES string of the molecule is COC(=O)c1cc2c(cc1Cc1ccccc1)OCO2. The van der Waals surface area contributed by atoms with Crippen molar-refractivity contribution in [3.05, 3.63) is 59.2 Å². The average molecular weight is 270 g/mol. The van der Waals surface area contributed by atoms with Gasteiger partial charge in [0.05, 0.1) is 12.7 Å². The largest absolute Gasteiger partial charge is 0.465 e.